The first-order valence-electron chi connectivity index (χ1n) is 7.06. The van der Waals surface area contributed by atoms with Crippen LogP contribution in [0.25, 0.3) is 0 Å². The molecule has 0 radical (unpaired) electrons. The summed E-state index contributed by atoms with van der Waals surface area (Å²) in [5.41, 5.74) is 0.337. The molecule has 1 amide bonds. The minimum absolute atomic E-state index is 0.0291. The molecule has 0 bridgehead atoms. The molecule has 1 aliphatic rings. The van der Waals surface area contributed by atoms with Crippen LogP contribution in [-0.2, 0) is 16.1 Å². The van der Waals surface area contributed by atoms with E-state index in [9.17, 15) is 9.59 Å². The summed E-state index contributed by atoms with van der Waals surface area (Å²) in [4.78, 5) is 32.4. The number of H-pyrrole nitrogens is 1. The van der Waals surface area contributed by atoms with Crippen molar-refractivity contribution in [3.05, 3.63) is 46.4 Å². The highest BCUT2D eigenvalue weighted by Crippen LogP contribution is 2.19. The monoisotopic (exact) mass is 303 g/mol. The van der Waals surface area contributed by atoms with E-state index < -0.39 is 0 Å². The van der Waals surface area contributed by atoms with Crippen LogP contribution in [0.4, 0.5) is 0 Å². The molecule has 1 fully saturated rings. The van der Waals surface area contributed by atoms with Gasteiger partial charge in [0.25, 0.3) is 5.56 Å². The molecule has 2 aromatic heterocycles. The van der Waals surface area contributed by atoms with E-state index in [0.717, 1.165) is 0 Å². The largest absolute Gasteiger partial charge is 0.368 e. The molecule has 1 aliphatic heterocycles. The smallest absolute Gasteiger partial charge is 0.251 e. The highest BCUT2D eigenvalue weighted by atomic mass is 16.5. The van der Waals surface area contributed by atoms with Crippen LogP contribution in [0.1, 0.15) is 17.6 Å². The van der Waals surface area contributed by atoms with Crippen molar-refractivity contribution in [1.82, 2.24) is 24.6 Å². The summed E-state index contributed by atoms with van der Waals surface area (Å²) >= 11 is 0. The number of aromatic amines is 1. The van der Waals surface area contributed by atoms with E-state index in [4.69, 9.17) is 4.74 Å². The number of carbonyl (C=O) groups is 1. The number of ether oxygens (including phenoxy) is 1. The first-order valence-corrected chi connectivity index (χ1v) is 7.06. The maximum absolute atomic E-state index is 12.3. The second-order valence-corrected chi connectivity index (χ2v) is 5.16. The Bertz CT molecular complexity index is 710. The standard InChI is InChI=1S/C14H17N5O3/c1-10-16-11(7-13(20)17-10)12-8-18(5-6-22-12)14(21)9-19-4-2-3-15-19/h2-4,7,12H,5-6,8-9H2,1H3,(H,16,17,20)/t12-/m0/s1. The van der Waals surface area contributed by atoms with Gasteiger partial charge in [-0.2, -0.15) is 5.10 Å². The number of carbonyl (C=O) groups excluding carboxylic acids is 1. The lowest BCUT2D eigenvalue weighted by Crippen LogP contribution is -2.44. The Labute approximate surface area is 126 Å². The predicted molar refractivity (Wildman–Crippen MR) is 77.1 cm³/mol. The maximum atomic E-state index is 12.3. The van der Waals surface area contributed by atoms with Gasteiger partial charge in [0.15, 0.2) is 0 Å². The third-order valence-corrected chi connectivity index (χ3v) is 3.49. The van der Waals surface area contributed by atoms with Crippen molar-refractivity contribution in [3.8, 4) is 0 Å². The van der Waals surface area contributed by atoms with E-state index >= 15 is 0 Å². The summed E-state index contributed by atoms with van der Waals surface area (Å²) in [6.45, 7) is 3.24. The van der Waals surface area contributed by atoms with Gasteiger partial charge in [-0.3, -0.25) is 14.3 Å². The van der Waals surface area contributed by atoms with Gasteiger partial charge in [0, 0.05) is 25.0 Å². The average molecular weight is 303 g/mol. The lowest BCUT2D eigenvalue weighted by molar-refractivity contribution is -0.140. The van der Waals surface area contributed by atoms with Crippen LogP contribution in [0.3, 0.4) is 0 Å². The van der Waals surface area contributed by atoms with Gasteiger partial charge in [-0.1, -0.05) is 0 Å². The van der Waals surface area contributed by atoms with Crippen LogP contribution in [0, 0.1) is 6.92 Å². The quantitative estimate of drug-likeness (QED) is 0.853. The summed E-state index contributed by atoms with van der Waals surface area (Å²) in [5, 5.41) is 4.03. The minimum atomic E-state index is -0.378. The highest BCUT2D eigenvalue weighted by Gasteiger charge is 2.26. The molecule has 3 heterocycles. The van der Waals surface area contributed by atoms with Gasteiger partial charge in [-0.05, 0) is 13.0 Å². The first kappa shape index (κ1) is 14.5. The van der Waals surface area contributed by atoms with E-state index in [-0.39, 0.29) is 24.1 Å². The fourth-order valence-electron chi connectivity index (χ4n) is 2.45. The lowest BCUT2D eigenvalue weighted by Gasteiger charge is -2.32. The van der Waals surface area contributed by atoms with Gasteiger partial charge in [-0.25, -0.2) is 4.98 Å². The fraction of sp³-hybridized carbons (Fsp3) is 0.429. The Hall–Kier alpha value is -2.48. The number of aryl methyl sites for hydroxylation is 1. The maximum Gasteiger partial charge on any atom is 0.251 e. The number of hydrogen-bond donors (Lipinski definition) is 1. The van der Waals surface area contributed by atoms with Gasteiger partial charge in [-0.15, -0.1) is 0 Å². The number of rotatable bonds is 3. The van der Waals surface area contributed by atoms with Crippen LogP contribution >= 0.6 is 0 Å². The number of amides is 1. The topological polar surface area (TPSA) is 93.1 Å². The van der Waals surface area contributed by atoms with Crippen molar-refractivity contribution in [2.75, 3.05) is 19.7 Å². The Kier molecular flexibility index (Phi) is 4.01. The molecule has 8 nitrogen and oxygen atoms in total. The second kappa shape index (κ2) is 6.10. The molecule has 0 spiro atoms. The Morgan fingerprint density at radius 3 is 3.14 bits per heavy atom. The van der Waals surface area contributed by atoms with Crippen molar-refractivity contribution in [3.63, 3.8) is 0 Å². The lowest BCUT2D eigenvalue weighted by atomic mass is 10.2. The predicted octanol–water partition coefficient (Wildman–Crippen LogP) is -0.125. The van der Waals surface area contributed by atoms with Crippen molar-refractivity contribution < 1.29 is 9.53 Å². The number of hydrogen-bond acceptors (Lipinski definition) is 5. The van der Waals surface area contributed by atoms with Crippen molar-refractivity contribution in [1.29, 1.82) is 0 Å². The van der Waals surface area contributed by atoms with Crippen LogP contribution in [0.15, 0.2) is 29.3 Å². The minimum Gasteiger partial charge on any atom is -0.368 e. The highest BCUT2D eigenvalue weighted by molar-refractivity contribution is 5.76. The molecule has 0 aromatic carbocycles. The molecular weight excluding hydrogens is 286 g/mol. The van der Waals surface area contributed by atoms with E-state index in [1.165, 1.54) is 6.07 Å². The molecule has 116 valence electrons. The van der Waals surface area contributed by atoms with Crippen molar-refractivity contribution in [2.24, 2.45) is 0 Å². The third kappa shape index (κ3) is 3.22. The van der Waals surface area contributed by atoms with E-state index in [0.29, 0.717) is 31.2 Å². The Morgan fingerprint density at radius 1 is 1.55 bits per heavy atom. The van der Waals surface area contributed by atoms with Crippen LogP contribution in [-0.4, -0.2) is 50.3 Å². The summed E-state index contributed by atoms with van der Waals surface area (Å²) in [7, 11) is 0. The van der Waals surface area contributed by atoms with E-state index in [1.807, 2.05) is 0 Å². The molecule has 8 heteroatoms. The first-order chi connectivity index (χ1) is 10.6. The van der Waals surface area contributed by atoms with Gasteiger partial charge < -0.3 is 14.6 Å². The van der Waals surface area contributed by atoms with Crippen LogP contribution in [0.5, 0.6) is 0 Å². The SMILES string of the molecule is Cc1nc([C@@H]2CN(C(=O)Cn3cccn3)CCO2)cc(=O)[nH]1. The zero-order valence-corrected chi connectivity index (χ0v) is 12.2. The number of nitrogens with zero attached hydrogens (tertiary/aromatic N) is 4. The molecule has 0 unspecified atom stereocenters. The van der Waals surface area contributed by atoms with Gasteiger partial charge in [0.2, 0.25) is 5.91 Å². The van der Waals surface area contributed by atoms with E-state index in [2.05, 4.69) is 15.1 Å². The van der Waals surface area contributed by atoms with Crippen molar-refractivity contribution in [2.45, 2.75) is 19.6 Å². The van der Waals surface area contributed by atoms with Crippen LogP contribution < -0.4 is 5.56 Å². The molecule has 0 aliphatic carbocycles. The van der Waals surface area contributed by atoms with Crippen LogP contribution in [0.2, 0.25) is 0 Å². The summed E-state index contributed by atoms with van der Waals surface area (Å²) < 4.78 is 7.24. The molecule has 1 atom stereocenters. The summed E-state index contributed by atoms with van der Waals surface area (Å²) in [5.74, 6) is 0.504. The van der Waals surface area contributed by atoms with Crippen molar-refractivity contribution >= 4 is 5.91 Å². The second-order valence-electron chi connectivity index (χ2n) is 5.16. The molecular formula is C14H17N5O3. The molecule has 0 saturated carbocycles. The zero-order valence-electron chi connectivity index (χ0n) is 12.2. The van der Waals surface area contributed by atoms with Gasteiger partial charge in [0.1, 0.15) is 18.5 Å². The summed E-state index contributed by atoms with van der Waals surface area (Å²) in [6.07, 6.45) is 3.01. The normalized spacial score (nSPS) is 18.4. The molecule has 3 rings (SSSR count). The fourth-order valence-corrected chi connectivity index (χ4v) is 2.45. The molecule has 22 heavy (non-hydrogen) atoms. The number of morpholine rings is 1. The molecule has 1 N–H and O–H groups in total. The van der Waals surface area contributed by atoms with Gasteiger partial charge in [0.05, 0.1) is 18.8 Å². The third-order valence-electron chi connectivity index (χ3n) is 3.49. The zero-order chi connectivity index (χ0) is 15.5. The van der Waals surface area contributed by atoms with E-state index in [1.54, 1.807) is 35.0 Å². The number of nitrogens with one attached hydrogen (secondary N) is 1. The summed E-state index contributed by atoms with van der Waals surface area (Å²) in [6, 6.07) is 3.19. The van der Waals surface area contributed by atoms with Gasteiger partial charge >= 0.3 is 0 Å². The average Bonchev–Trinajstić information content (AvgIpc) is 2.99. The Balaban J connectivity index is 1.71. The number of aromatic nitrogens is 4. The molecule has 1 saturated heterocycles. The Morgan fingerprint density at radius 2 is 2.41 bits per heavy atom. The molecule has 2 aromatic rings.